The fraction of sp³-hybridized carbons (Fsp3) is 0.733. The standard InChI is InChI=1S/C15H24F3N5/c1-13(2)9-23(14(13,3)4)12(19-5)20-7-10-8-22(6)21-11(10)15(16,17)18/h8H,7,9H2,1-6H3,(H,19,20). The first-order valence-electron chi connectivity index (χ1n) is 7.48. The van der Waals surface area contributed by atoms with Gasteiger partial charge < -0.3 is 10.2 Å². The minimum Gasteiger partial charge on any atom is -0.352 e. The van der Waals surface area contributed by atoms with E-state index in [-0.39, 0.29) is 23.1 Å². The smallest absolute Gasteiger partial charge is 0.352 e. The van der Waals surface area contributed by atoms with Crippen LogP contribution in [0.4, 0.5) is 13.2 Å². The molecule has 1 aliphatic rings. The van der Waals surface area contributed by atoms with Crippen LogP contribution in [0.3, 0.4) is 0 Å². The molecule has 0 amide bonds. The van der Waals surface area contributed by atoms with E-state index in [0.29, 0.717) is 5.96 Å². The summed E-state index contributed by atoms with van der Waals surface area (Å²) in [5.41, 5.74) is -0.739. The van der Waals surface area contributed by atoms with Gasteiger partial charge in [0.15, 0.2) is 11.7 Å². The van der Waals surface area contributed by atoms with Gasteiger partial charge >= 0.3 is 6.18 Å². The van der Waals surface area contributed by atoms with Crippen molar-refractivity contribution in [2.45, 2.75) is 46.0 Å². The van der Waals surface area contributed by atoms with Gasteiger partial charge in [0.1, 0.15) is 0 Å². The quantitative estimate of drug-likeness (QED) is 0.669. The first-order valence-corrected chi connectivity index (χ1v) is 7.48. The molecule has 1 aliphatic heterocycles. The highest BCUT2D eigenvalue weighted by molar-refractivity contribution is 5.82. The number of likely N-dealkylation sites (tertiary alicyclic amines) is 1. The van der Waals surface area contributed by atoms with Gasteiger partial charge in [0, 0.05) is 49.9 Å². The molecule has 0 bridgehead atoms. The Balaban J connectivity index is 2.12. The number of hydrogen-bond donors (Lipinski definition) is 1. The molecule has 0 unspecified atom stereocenters. The molecule has 2 rings (SSSR count). The SMILES string of the molecule is CN=C(NCc1cn(C)nc1C(F)(F)F)N1CC(C)(C)C1(C)C. The van der Waals surface area contributed by atoms with E-state index in [0.717, 1.165) is 6.54 Å². The fourth-order valence-corrected chi connectivity index (χ4v) is 2.78. The topological polar surface area (TPSA) is 45.5 Å². The molecule has 0 spiro atoms. The van der Waals surface area contributed by atoms with E-state index in [2.05, 4.69) is 48.0 Å². The minimum absolute atomic E-state index is 0.0301. The zero-order valence-corrected chi connectivity index (χ0v) is 14.4. The van der Waals surface area contributed by atoms with Crippen LogP contribution >= 0.6 is 0 Å². The van der Waals surface area contributed by atoms with Gasteiger partial charge in [0.2, 0.25) is 0 Å². The van der Waals surface area contributed by atoms with Crippen molar-refractivity contribution in [2.24, 2.45) is 17.5 Å². The third kappa shape index (κ3) is 3.03. The maximum Gasteiger partial charge on any atom is 0.435 e. The molecule has 1 saturated heterocycles. The van der Waals surface area contributed by atoms with E-state index in [9.17, 15) is 13.2 Å². The molecular weight excluding hydrogens is 307 g/mol. The van der Waals surface area contributed by atoms with Crippen molar-refractivity contribution in [1.29, 1.82) is 0 Å². The molecular formula is C15H24F3N5. The first-order chi connectivity index (χ1) is 10.4. The highest BCUT2D eigenvalue weighted by Crippen LogP contribution is 2.46. The summed E-state index contributed by atoms with van der Waals surface area (Å²) >= 11 is 0. The van der Waals surface area contributed by atoms with Crippen LogP contribution in [0, 0.1) is 5.41 Å². The number of nitrogens with zero attached hydrogens (tertiary/aromatic N) is 4. The molecule has 8 heteroatoms. The van der Waals surface area contributed by atoms with E-state index in [1.165, 1.54) is 17.9 Å². The first kappa shape index (κ1) is 17.6. The summed E-state index contributed by atoms with van der Waals surface area (Å²) in [6, 6.07) is 0. The van der Waals surface area contributed by atoms with Gasteiger partial charge in [0.25, 0.3) is 0 Å². The Morgan fingerprint density at radius 1 is 1.35 bits per heavy atom. The third-order valence-electron chi connectivity index (χ3n) is 4.96. The summed E-state index contributed by atoms with van der Waals surface area (Å²) in [6.45, 7) is 9.38. The van der Waals surface area contributed by atoms with Crippen molar-refractivity contribution in [3.05, 3.63) is 17.5 Å². The van der Waals surface area contributed by atoms with Crippen molar-refractivity contribution >= 4 is 5.96 Å². The second-order valence-corrected chi connectivity index (χ2v) is 7.10. The second-order valence-electron chi connectivity index (χ2n) is 7.10. The number of rotatable bonds is 2. The Labute approximate surface area is 134 Å². The summed E-state index contributed by atoms with van der Waals surface area (Å²) in [4.78, 5) is 6.29. The average Bonchev–Trinajstić information content (AvgIpc) is 2.79. The number of halogens is 3. The molecule has 0 atom stereocenters. The highest BCUT2D eigenvalue weighted by Gasteiger charge is 2.53. The minimum atomic E-state index is -4.46. The Morgan fingerprint density at radius 3 is 2.39 bits per heavy atom. The van der Waals surface area contributed by atoms with Crippen LogP contribution in [0.25, 0.3) is 0 Å². The predicted molar refractivity (Wildman–Crippen MR) is 83.0 cm³/mol. The summed E-state index contributed by atoms with van der Waals surface area (Å²) in [7, 11) is 3.12. The maximum atomic E-state index is 13.0. The molecule has 0 aromatic carbocycles. The van der Waals surface area contributed by atoms with Crippen LogP contribution in [0.5, 0.6) is 0 Å². The largest absolute Gasteiger partial charge is 0.435 e. The van der Waals surface area contributed by atoms with E-state index in [1.54, 1.807) is 7.05 Å². The lowest BCUT2D eigenvalue weighted by atomic mass is 9.65. The number of nitrogens with one attached hydrogen (secondary N) is 1. The van der Waals surface area contributed by atoms with E-state index < -0.39 is 11.9 Å². The number of alkyl halides is 3. The van der Waals surface area contributed by atoms with Crippen LogP contribution in [0.1, 0.15) is 39.0 Å². The Morgan fingerprint density at radius 2 is 1.96 bits per heavy atom. The van der Waals surface area contributed by atoms with Crippen LogP contribution in [-0.4, -0.2) is 39.8 Å². The number of guanidine groups is 1. The van der Waals surface area contributed by atoms with Crippen molar-refractivity contribution in [3.63, 3.8) is 0 Å². The van der Waals surface area contributed by atoms with Crippen LogP contribution in [0.2, 0.25) is 0 Å². The fourth-order valence-electron chi connectivity index (χ4n) is 2.78. The number of hydrogen-bond acceptors (Lipinski definition) is 2. The Bertz CT molecular complexity index is 613. The second kappa shape index (κ2) is 5.42. The van der Waals surface area contributed by atoms with Crippen molar-refractivity contribution in [2.75, 3.05) is 13.6 Å². The van der Waals surface area contributed by atoms with Gasteiger partial charge in [-0.25, -0.2) is 0 Å². The molecule has 1 aromatic heterocycles. The Hall–Kier alpha value is -1.73. The van der Waals surface area contributed by atoms with Crippen molar-refractivity contribution < 1.29 is 13.2 Å². The number of aryl methyl sites for hydroxylation is 1. The molecule has 2 heterocycles. The predicted octanol–water partition coefficient (Wildman–Crippen LogP) is 2.63. The molecule has 130 valence electrons. The number of aromatic nitrogens is 2. The van der Waals surface area contributed by atoms with E-state index >= 15 is 0 Å². The number of aliphatic imine (C=N–C) groups is 1. The monoisotopic (exact) mass is 331 g/mol. The normalized spacial score (nSPS) is 20.4. The molecule has 1 N–H and O–H groups in total. The maximum absolute atomic E-state index is 13.0. The Kier molecular flexibility index (Phi) is 4.15. The average molecular weight is 331 g/mol. The van der Waals surface area contributed by atoms with Gasteiger partial charge in [-0.2, -0.15) is 18.3 Å². The van der Waals surface area contributed by atoms with Crippen LogP contribution in [-0.2, 0) is 19.8 Å². The lowest BCUT2D eigenvalue weighted by Gasteiger charge is -2.62. The molecule has 0 radical (unpaired) electrons. The van der Waals surface area contributed by atoms with Gasteiger partial charge in [-0.05, 0) is 13.8 Å². The highest BCUT2D eigenvalue weighted by atomic mass is 19.4. The van der Waals surface area contributed by atoms with Crippen molar-refractivity contribution in [3.8, 4) is 0 Å². The lowest BCUT2D eigenvalue weighted by Crippen LogP contribution is -2.72. The molecule has 5 nitrogen and oxygen atoms in total. The van der Waals surface area contributed by atoms with Gasteiger partial charge in [-0.3, -0.25) is 9.67 Å². The van der Waals surface area contributed by atoms with Crippen molar-refractivity contribution in [1.82, 2.24) is 20.0 Å². The summed E-state index contributed by atoms with van der Waals surface area (Å²) in [5.74, 6) is 0.603. The third-order valence-corrected chi connectivity index (χ3v) is 4.96. The van der Waals surface area contributed by atoms with Gasteiger partial charge in [-0.15, -0.1) is 0 Å². The van der Waals surface area contributed by atoms with Gasteiger partial charge in [0.05, 0.1) is 0 Å². The van der Waals surface area contributed by atoms with E-state index in [4.69, 9.17) is 0 Å². The molecule has 0 saturated carbocycles. The molecule has 23 heavy (non-hydrogen) atoms. The summed E-state index contributed by atoms with van der Waals surface area (Å²) in [6.07, 6.45) is -3.08. The van der Waals surface area contributed by atoms with Gasteiger partial charge in [-0.1, -0.05) is 13.8 Å². The summed E-state index contributed by atoms with van der Waals surface area (Å²) < 4.78 is 40.1. The van der Waals surface area contributed by atoms with Crippen LogP contribution < -0.4 is 5.32 Å². The summed E-state index contributed by atoms with van der Waals surface area (Å²) in [5, 5.41) is 6.54. The van der Waals surface area contributed by atoms with Crippen LogP contribution in [0.15, 0.2) is 11.2 Å². The zero-order chi connectivity index (χ0) is 17.6. The lowest BCUT2D eigenvalue weighted by molar-refractivity contribution is -0.142. The van der Waals surface area contributed by atoms with E-state index in [1.807, 2.05) is 0 Å². The molecule has 1 fully saturated rings. The molecule has 0 aliphatic carbocycles. The molecule has 1 aromatic rings. The zero-order valence-electron chi connectivity index (χ0n) is 14.4.